The van der Waals surface area contributed by atoms with Gasteiger partial charge >= 0.3 is 5.97 Å². The van der Waals surface area contributed by atoms with Crippen molar-refractivity contribution in [2.45, 2.75) is 64.1 Å². The molecule has 4 N–H and O–H groups in total. The summed E-state index contributed by atoms with van der Waals surface area (Å²) in [6, 6.07) is -1.78. The standard InChI is InChI=1S/C21H37N5O5/c1-15(2)13-18(26-10-8-25(14-27)9-11-26)20(29)23-16(5-3-4-7-22)19(28)24-17-6-12-31-21(17)30/h14-18H,3-13,22H2,1-2H3,(H,23,29)(H,24,28). The summed E-state index contributed by atoms with van der Waals surface area (Å²) >= 11 is 0. The minimum atomic E-state index is -0.738. The Bertz CT molecular complexity index is 621. The Kier molecular flexibility index (Phi) is 10.2. The zero-order valence-corrected chi connectivity index (χ0v) is 18.7. The topological polar surface area (TPSA) is 134 Å². The molecule has 10 heteroatoms. The van der Waals surface area contributed by atoms with Gasteiger partial charge in [0.2, 0.25) is 18.2 Å². The number of rotatable bonds is 12. The van der Waals surface area contributed by atoms with Crippen molar-refractivity contribution in [3.05, 3.63) is 0 Å². The Morgan fingerprint density at radius 3 is 2.45 bits per heavy atom. The fraction of sp³-hybridized carbons (Fsp3) is 0.810. The molecule has 2 heterocycles. The highest BCUT2D eigenvalue weighted by Gasteiger charge is 2.34. The molecule has 0 aliphatic carbocycles. The summed E-state index contributed by atoms with van der Waals surface area (Å²) in [6.45, 7) is 7.29. The first kappa shape index (κ1) is 25.1. The second-order valence-corrected chi connectivity index (χ2v) is 8.69. The van der Waals surface area contributed by atoms with Crippen molar-refractivity contribution >= 4 is 24.2 Å². The molecule has 10 nitrogen and oxygen atoms in total. The largest absolute Gasteiger partial charge is 0.464 e. The van der Waals surface area contributed by atoms with Crippen molar-refractivity contribution in [2.75, 3.05) is 39.3 Å². The molecule has 2 saturated heterocycles. The van der Waals surface area contributed by atoms with Crippen LogP contribution in [0.4, 0.5) is 0 Å². The molecule has 31 heavy (non-hydrogen) atoms. The van der Waals surface area contributed by atoms with Crippen LogP contribution in [0.2, 0.25) is 0 Å². The molecule has 0 bridgehead atoms. The maximum Gasteiger partial charge on any atom is 0.328 e. The quantitative estimate of drug-likeness (QED) is 0.206. The Balaban J connectivity index is 2.05. The van der Waals surface area contributed by atoms with Gasteiger partial charge in [-0.15, -0.1) is 0 Å². The SMILES string of the molecule is CC(C)CC(C(=O)NC(CCCCN)C(=O)NC1CCOC1=O)N1CCN(C=O)CC1. The number of unbranched alkanes of at least 4 members (excludes halogenated alkanes) is 1. The van der Waals surface area contributed by atoms with Crippen molar-refractivity contribution in [1.29, 1.82) is 0 Å². The van der Waals surface area contributed by atoms with Crippen LogP contribution >= 0.6 is 0 Å². The maximum atomic E-state index is 13.2. The van der Waals surface area contributed by atoms with Crippen LogP contribution in [0.3, 0.4) is 0 Å². The van der Waals surface area contributed by atoms with E-state index in [0.717, 1.165) is 12.8 Å². The van der Waals surface area contributed by atoms with Gasteiger partial charge in [0.1, 0.15) is 12.1 Å². The number of amides is 3. The monoisotopic (exact) mass is 439 g/mol. The fourth-order valence-electron chi connectivity index (χ4n) is 3.95. The van der Waals surface area contributed by atoms with Crippen LogP contribution in [0, 0.1) is 5.92 Å². The zero-order valence-electron chi connectivity index (χ0n) is 18.7. The molecule has 0 aromatic carbocycles. The highest BCUT2D eigenvalue weighted by Crippen LogP contribution is 2.16. The maximum absolute atomic E-state index is 13.2. The number of cyclic esters (lactones) is 1. The van der Waals surface area contributed by atoms with Gasteiger partial charge in [0, 0.05) is 32.6 Å². The van der Waals surface area contributed by atoms with E-state index >= 15 is 0 Å². The number of nitrogens with two attached hydrogens (primary N) is 1. The normalized spacial score (nSPS) is 21.5. The predicted octanol–water partition coefficient (Wildman–Crippen LogP) is -0.779. The van der Waals surface area contributed by atoms with E-state index in [2.05, 4.69) is 29.4 Å². The Morgan fingerprint density at radius 2 is 1.90 bits per heavy atom. The lowest BCUT2D eigenvalue weighted by molar-refractivity contribution is -0.141. The summed E-state index contributed by atoms with van der Waals surface area (Å²) < 4.78 is 4.91. The molecule has 3 unspecified atom stereocenters. The van der Waals surface area contributed by atoms with Crippen molar-refractivity contribution in [2.24, 2.45) is 11.7 Å². The number of hydrogen-bond donors (Lipinski definition) is 3. The molecule has 0 aromatic heterocycles. The fourth-order valence-corrected chi connectivity index (χ4v) is 3.95. The van der Waals surface area contributed by atoms with E-state index in [9.17, 15) is 19.2 Å². The molecule has 0 saturated carbocycles. The first-order valence-electron chi connectivity index (χ1n) is 11.3. The molecule has 2 rings (SSSR count). The van der Waals surface area contributed by atoms with E-state index in [-0.39, 0.29) is 30.4 Å². The van der Waals surface area contributed by atoms with Crippen LogP contribution in [0.1, 0.15) is 46.0 Å². The second-order valence-electron chi connectivity index (χ2n) is 8.69. The number of carbonyl (C=O) groups is 4. The Morgan fingerprint density at radius 1 is 1.19 bits per heavy atom. The summed E-state index contributed by atoms with van der Waals surface area (Å²) in [5, 5.41) is 5.64. The van der Waals surface area contributed by atoms with Gasteiger partial charge in [-0.1, -0.05) is 13.8 Å². The van der Waals surface area contributed by atoms with Crippen molar-refractivity contribution in [3.63, 3.8) is 0 Å². The second kappa shape index (κ2) is 12.6. The van der Waals surface area contributed by atoms with Gasteiger partial charge < -0.3 is 26.0 Å². The molecular weight excluding hydrogens is 402 g/mol. The number of esters is 1. The zero-order chi connectivity index (χ0) is 22.8. The number of carbonyl (C=O) groups excluding carboxylic acids is 4. The lowest BCUT2D eigenvalue weighted by Crippen LogP contribution is -2.58. The van der Waals surface area contributed by atoms with Gasteiger partial charge in [0.25, 0.3) is 0 Å². The van der Waals surface area contributed by atoms with Crippen LogP contribution in [0.15, 0.2) is 0 Å². The van der Waals surface area contributed by atoms with Gasteiger partial charge in [-0.2, -0.15) is 0 Å². The van der Waals surface area contributed by atoms with Crippen LogP contribution in [0.25, 0.3) is 0 Å². The van der Waals surface area contributed by atoms with E-state index in [1.807, 2.05) is 0 Å². The summed E-state index contributed by atoms with van der Waals surface area (Å²) in [5.74, 6) is -0.720. The molecule has 3 atom stereocenters. The first-order chi connectivity index (χ1) is 14.8. The van der Waals surface area contributed by atoms with E-state index < -0.39 is 18.1 Å². The minimum absolute atomic E-state index is 0.199. The minimum Gasteiger partial charge on any atom is -0.464 e. The molecule has 0 spiro atoms. The van der Waals surface area contributed by atoms with Gasteiger partial charge in [0.15, 0.2) is 0 Å². The van der Waals surface area contributed by atoms with Gasteiger partial charge in [-0.25, -0.2) is 4.79 Å². The molecule has 176 valence electrons. The summed E-state index contributed by atoms with van der Waals surface area (Å²) in [5.41, 5.74) is 5.58. The number of nitrogens with one attached hydrogen (secondary N) is 2. The molecule has 2 fully saturated rings. The van der Waals surface area contributed by atoms with E-state index in [0.29, 0.717) is 58.4 Å². The number of ether oxygens (including phenoxy) is 1. The molecule has 3 amide bonds. The molecule has 0 radical (unpaired) electrons. The molecule has 2 aliphatic rings. The van der Waals surface area contributed by atoms with Gasteiger partial charge in [-0.3, -0.25) is 19.3 Å². The van der Waals surface area contributed by atoms with Crippen molar-refractivity contribution < 1.29 is 23.9 Å². The summed E-state index contributed by atoms with van der Waals surface area (Å²) in [4.78, 5) is 52.6. The van der Waals surface area contributed by atoms with E-state index in [1.165, 1.54) is 0 Å². The molecule has 2 aliphatic heterocycles. The van der Waals surface area contributed by atoms with Crippen molar-refractivity contribution in [3.8, 4) is 0 Å². The highest BCUT2D eigenvalue weighted by molar-refractivity contribution is 5.92. The third kappa shape index (κ3) is 7.77. The van der Waals surface area contributed by atoms with E-state index in [4.69, 9.17) is 10.5 Å². The lowest BCUT2D eigenvalue weighted by atomic mass is 9.99. The first-order valence-corrected chi connectivity index (χ1v) is 11.3. The highest BCUT2D eigenvalue weighted by atomic mass is 16.5. The Labute approximate surface area is 184 Å². The predicted molar refractivity (Wildman–Crippen MR) is 115 cm³/mol. The number of hydrogen-bond acceptors (Lipinski definition) is 7. The lowest BCUT2D eigenvalue weighted by Gasteiger charge is -2.38. The van der Waals surface area contributed by atoms with Crippen LogP contribution in [0.5, 0.6) is 0 Å². The number of piperazine rings is 1. The average molecular weight is 440 g/mol. The summed E-state index contributed by atoms with van der Waals surface area (Å²) in [7, 11) is 0. The average Bonchev–Trinajstić information content (AvgIpc) is 3.15. The van der Waals surface area contributed by atoms with Crippen LogP contribution in [-0.4, -0.2) is 91.4 Å². The van der Waals surface area contributed by atoms with E-state index in [1.54, 1.807) is 4.90 Å². The van der Waals surface area contributed by atoms with Crippen LogP contribution in [-0.2, 0) is 23.9 Å². The Hall–Kier alpha value is -2.20. The third-order valence-corrected chi connectivity index (χ3v) is 5.77. The third-order valence-electron chi connectivity index (χ3n) is 5.77. The smallest absolute Gasteiger partial charge is 0.328 e. The van der Waals surface area contributed by atoms with Crippen molar-refractivity contribution in [1.82, 2.24) is 20.4 Å². The van der Waals surface area contributed by atoms with Crippen LogP contribution < -0.4 is 16.4 Å². The van der Waals surface area contributed by atoms with Gasteiger partial charge in [0.05, 0.1) is 12.6 Å². The number of nitrogens with zero attached hydrogens (tertiary/aromatic N) is 2. The summed E-state index contributed by atoms with van der Waals surface area (Å²) in [6.07, 6.45) is 3.81. The molecular formula is C21H37N5O5. The molecule has 0 aromatic rings. The van der Waals surface area contributed by atoms with Gasteiger partial charge in [-0.05, 0) is 38.1 Å².